The highest BCUT2D eigenvalue weighted by molar-refractivity contribution is 6.42. The monoisotopic (exact) mass is 324 g/mol. The van der Waals surface area contributed by atoms with Gasteiger partial charge in [0.2, 0.25) is 0 Å². The van der Waals surface area contributed by atoms with Crippen LogP contribution in [-0.2, 0) is 6.42 Å². The number of aliphatic hydroxyl groups excluding tert-OH is 1. The Morgan fingerprint density at radius 2 is 1.67 bits per heavy atom. The van der Waals surface area contributed by atoms with Gasteiger partial charge in [-0.15, -0.1) is 0 Å². The van der Waals surface area contributed by atoms with Crippen molar-refractivity contribution in [2.75, 3.05) is 7.11 Å². The number of halogens is 2. The van der Waals surface area contributed by atoms with Gasteiger partial charge in [0, 0.05) is 6.42 Å². The summed E-state index contributed by atoms with van der Waals surface area (Å²) in [5.41, 5.74) is 3.85. The highest BCUT2D eigenvalue weighted by Crippen LogP contribution is 2.30. The largest absolute Gasteiger partial charge is 0.496 e. The van der Waals surface area contributed by atoms with Crippen LogP contribution < -0.4 is 4.74 Å². The molecule has 2 aromatic carbocycles. The maximum atomic E-state index is 10.4. The zero-order chi connectivity index (χ0) is 15.6. The fraction of sp³-hybridized carbons (Fsp3) is 0.294. The van der Waals surface area contributed by atoms with E-state index in [9.17, 15) is 5.11 Å². The fourth-order valence-electron chi connectivity index (χ4n) is 2.51. The van der Waals surface area contributed by atoms with Crippen LogP contribution >= 0.6 is 23.2 Å². The molecule has 0 amide bonds. The molecule has 0 saturated heterocycles. The van der Waals surface area contributed by atoms with Gasteiger partial charge in [-0.1, -0.05) is 29.3 Å². The Morgan fingerprint density at radius 3 is 2.19 bits per heavy atom. The molecule has 1 atom stereocenters. The molecule has 0 radical (unpaired) electrons. The molecule has 0 aromatic heterocycles. The molecule has 21 heavy (non-hydrogen) atoms. The molecule has 0 aliphatic rings. The molecular formula is C17H18Cl2O2. The number of benzene rings is 2. The topological polar surface area (TPSA) is 29.5 Å². The molecule has 2 aromatic rings. The average Bonchev–Trinajstić information content (AvgIpc) is 2.42. The van der Waals surface area contributed by atoms with Crippen LogP contribution in [0.3, 0.4) is 0 Å². The third-order valence-electron chi connectivity index (χ3n) is 3.48. The van der Waals surface area contributed by atoms with E-state index in [0.29, 0.717) is 16.5 Å². The van der Waals surface area contributed by atoms with Crippen LogP contribution in [0.4, 0.5) is 0 Å². The summed E-state index contributed by atoms with van der Waals surface area (Å²) in [6, 6.07) is 9.32. The summed E-state index contributed by atoms with van der Waals surface area (Å²) in [4.78, 5) is 0. The molecule has 0 aliphatic carbocycles. The van der Waals surface area contributed by atoms with Crippen molar-refractivity contribution < 1.29 is 9.84 Å². The van der Waals surface area contributed by atoms with E-state index in [1.807, 2.05) is 32.0 Å². The fourth-order valence-corrected chi connectivity index (χ4v) is 2.83. The van der Waals surface area contributed by atoms with Gasteiger partial charge >= 0.3 is 0 Å². The lowest BCUT2D eigenvalue weighted by Gasteiger charge is -2.16. The molecule has 1 N–H and O–H groups in total. The minimum atomic E-state index is -0.592. The quantitative estimate of drug-likeness (QED) is 0.867. The predicted octanol–water partition coefficient (Wildman–Crippen LogP) is 4.89. The van der Waals surface area contributed by atoms with E-state index in [-0.39, 0.29) is 0 Å². The maximum Gasteiger partial charge on any atom is 0.124 e. The Bertz CT molecular complexity index is 630. The van der Waals surface area contributed by atoms with Crippen LogP contribution in [0.25, 0.3) is 0 Å². The van der Waals surface area contributed by atoms with E-state index >= 15 is 0 Å². The Labute approximate surface area is 135 Å². The molecular weight excluding hydrogens is 307 g/mol. The molecule has 0 fully saturated rings. The van der Waals surface area contributed by atoms with Gasteiger partial charge < -0.3 is 9.84 Å². The normalized spacial score (nSPS) is 12.3. The van der Waals surface area contributed by atoms with Gasteiger partial charge in [-0.2, -0.15) is 0 Å². The standard InChI is InChI=1S/C17H18Cl2O2/c1-10-6-13(7-11(2)17(10)21-3)16(20)9-12-4-5-14(18)15(19)8-12/h4-8,16,20H,9H2,1-3H3. The van der Waals surface area contributed by atoms with Gasteiger partial charge in [-0.25, -0.2) is 0 Å². The van der Waals surface area contributed by atoms with Gasteiger partial charge in [0.05, 0.1) is 23.3 Å². The zero-order valence-electron chi connectivity index (χ0n) is 12.3. The van der Waals surface area contributed by atoms with Crippen molar-refractivity contribution in [2.24, 2.45) is 0 Å². The number of aliphatic hydroxyl groups is 1. The number of hydrogen-bond donors (Lipinski definition) is 1. The average molecular weight is 325 g/mol. The van der Waals surface area contributed by atoms with Crippen LogP contribution in [0.2, 0.25) is 10.0 Å². The van der Waals surface area contributed by atoms with Gasteiger partial charge in [0.1, 0.15) is 5.75 Å². The first-order valence-electron chi connectivity index (χ1n) is 6.69. The number of hydrogen-bond acceptors (Lipinski definition) is 2. The minimum Gasteiger partial charge on any atom is -0.496 e. The molecule has 2 nitrogen and oxygen atoms in total. The highest BCUT2D eigenvalue weighted by atomic mass is 35.5. The molecule has 0 aliphatic heterocycles. The van der Waals surface area contributed by atoms with Crippen molar-refractivity contribution in [2.45, 2.75) is 26.4 Å². The van der Waals surface area contributed by atoms with Crippen LogP contribution in [0.15, 0.2) is 30.3 Å². The van der Waals surface area contributed by atoms with E-state index in [0.717, 1.165) is 28.0 Å². The van der Waals surface area contributed by atoms with E-state index < -0.39 is 6.10 Å². The summed E-state index contributed by atoms with van der Waals surface area (Å²) >= 11 is 11.9. The second kappa shape index (κ2) is 6.69. The lowest BCUT2D eigenvalue weighted by molar-refractivity contribution is 0.178. The number of aryl methyl sites for hydroxylation is 2. The first-order chi connectivity index (χ1) is 9.92. The molecule has 4 heteroatoms. The lowest BCUT2D eigenvalue weighted by atomic mass is 9.97. The summed E-state index contributed by atoms with van der Waals surface area (Å²) < 4.78 is 5.34. The van der Waals surface area contributed by atoms with E-state index in [4.69, 9.17) is 27.9 Å². The minimum absolute atomic E-state index is 0.488. The third kappa shape index (κ3) is 3.70. The van der Waals surface area contributed by atoms with Crippen LogP contribution in [-0.4, -0.2) is 12.2 Å². The van der Waals surface area contributed by atoms with Crippen molar-refractivity contribution in [3.63, 3.8) is 0 Å². The van der Waals surface area contributed by atoms with Gasteiger partial charge in [0.25, 0.3) is 0 Å². The second-order valence-electron chi connectivity index (χ2n) is 5.16. The van der Waals surface area contributed by atoms with E-state index in [2.05, 4.69) is 0 Å². The lowest BCUT2D eigenvalue weighted by Crippen LogP contribution is -2.04. The Morgan fingerprint density at radius 1 is 1.05 bits per heavy atom. The molecule has 112 valence electrons. The molecule has 0 bridgehead atoms. The molecule has 1 unspecified atom stereocenters. The summed E-state index contributed by atoms with van der Waals surface area (Å²) in [5.74, 6) is 0.862. The van der Waals surface area contributed by atoms with Crippen molar-refractivity contribution in [1.82, 2.24) is 0 Å². The van der Waals surface area contributed by atoms with Crippen molar-refractivity contribution in [1.29, 1.82) is 0 Å². The second-order valence-corrected chi connectivity index (χ2v) is 5.97. The van der Waals surface area contributed by atoms with Crippen molar-refractivity contribution >= 4 is 23.2 Å². The Hall–Kier alpha value is -1.22. The Kier molecular flexibility index (Phi) is 5.15. The summed E-state index contributed by atoms with van der Waals surface area (Å²) in [6.45, 7) is 3.95. The van der Waals surface area contributed by atoms with Crippen molar-refractivity contribution in [3.8, 4) is 5.75 Å². The van der Waals surface area contributed by atoms with Crippen LogP contribution in [0, 0.1) is 13.8 Å². The molecule has 0 spiro atoms. The van der Waals surface area contributed by atoms with Crippen LogP contribution in [0.1, 0.15) is 28.4 Å². The highest BCUT2D eigenvalue weighted by Gasteiger charge is 2.13. The molecule has 0 heterocycles. The molecule has 2 rings (SSSR count). The number of ether oxygens (including phenoxy) is 1. The molecule has 0 saturated carbocycles. The SMILES string of the molecule is COc1c(C)cc(C(O)Cc2ccc(Cl)c(Cl)c2)cc1C. The smallest absolute Gasteiger partial charge is 0.124 e. The van der Waals surface area contributed by atoms with Crippen LogP contribution in [0.5, 0.6) is 5.75 Å². The number of methoxy groups -OCH3 is 1. The zero-order valence-corrected chi connectivity index (χ0v) is 13.8. The number of rotatable bonds is 4. The third-order valence-corrected chi connectivity index (χ3v) is 4.22. The predicted molar refractivity (Wildman–Crippen MR) is 87.6 cm³/mol. The summed E-state index contributed by atoms with van der Waals surface area (Å²) in [6.07, 6.45) is -0.104. The summed E-state index contributed by atoms with van der Waals surface area (Å²) in [5, 5.41) is 11.5. The first kappa shape index (κ1) is 16.2. The first-order valence-corrected chi connectivity index (χ1v) is 7.45. The van der Waals surface area contributed by atoms with Gasteiger partial charge in [0.15, 0.2) is 0 Å². The maximum absolute atomic E-state index is 10.4. The Balaban J connectivity index is 2.24. The summed E-state index contributed by atoms with van der Waals surface area (Å²) in [7, 11) is 1.65. The van der Waals surface area contributed by atoms with Gasteiger partial charge in [-0.3, -0.25) is 0 Å². The van der Waals surface area contributed by atoms with Gasteiger partial charge in [-0.05, 0) is 60.4 Å². The van der Waals surface area contributed by atoms with E-state index in [1.165, 1.54) is 0 Å². The van der Waals surface area contributed by atoms with E-state index in [1.54, 1.807) is 19.2 Å². The van der Waals surface area contributed by atoms with Crippen molar-refractivity contribution in [3.05, 3.63) is 62.6 Å².